The molecule has 0 radical (unpaired) electrons. The predicted molar refractivity (Wildman–Crippen MR) is 77.5 cm³/mol. The standard InChI is InChI=1S/C14H23N3OS/c1-10(2)17-6-7-18-13(8-17)14-16-12(9-19-14)11-4-3-5-15-11/h9-11,13,15H,3-8H2,1-2H3. The summed E-state index contributed by atoms with van der Waals surface area (Å²) in [4.78, 5) is 7.29. The highest BCUT2D eigenvalue weighted by Gasteiger charge is 2.27. The van der Waals surface area contributed by atoms with Gasteiger partial charge in [-0.05, 0) is 33.2 Å². The average molecular weight is 281 g/mol. The van der Waals surface area contributed by atoms with E-state index in [-0.39, 0.29) is 6.10 Å². The van der Waals surface area contributed by atoms with E-state index < -0.39 is 0 Å². The Balaban J connectivity index is 1.68. The highest BCUT2D eigenvalue weighted by atomic mass is 32.1. The summed E-state index contributed by atoms with van der Waals surface area (Å²) in [5.74, 6) is 0. The van der Waals surface area contributed by atoms with Crippen LogP contribution in [0.1, 0.15) is 49.5 Å². The Bertz CT molecular complexity index is 415. The van der Waals surface area contributed by atoms with E-state index in [1.807, 2.05) is 0 Å². The molecule has 0 spiro atoms. The molecule has 1 aromatic rings. The van der Waals surface area contributed by atoms with Crippen LogP contribution in [0, 0.1) is 0 Å². The molecule has 3 rings (SSSR count). The number of morpholine rings is 1. The van der Waals surface area contributed by atoms with Crippen molar-refractivity contribution < 1.29 is 4.74 Å². The third kappa shape index (κ3) is 2.99. The highest BCUT2D eigenvalue weighted by Crippen LogP contribution is 2.30. The molecule has 5 heteroatoms. The van der Waals surface area contributed by atoms with E-state index in [9.17, 15) is 0 Å². The van der Waals surface area contributed by atoms with Gasteiger partial charge in [-0.25, -0.2) is 4.98 Å². The molecule has 3 heterocycles. The first-order valence-corrected chi connectivity index (χ1v) is 8.16. The zero-order valence-corrected chi connectivity index (χ0v) is 12.6. The molecule has 19 heavy (non-hydrogen) atoms. The maximum Gasteiger partial charge on any atom is 0.123 e. The monoisotopic (exact) mass is 281 g/mol. The van der Waals surface area contributed by atoms with Gasteiger partial charge in [-0.3, -0.25) is 4.90 Å². The van der Waals surface area contributed by atoms with Gasteiger partial charge in [-0.2, -0.15) is 0 Å². The van der Waals surface area contributed by atoms with Gasteiger partial charge in [0.15, 0.2) is 0 Å². The third-order valence-corrected chi connectivity index (χ3v) is 5.02. The van der Waals surface area contributed by atoms with Gasteiger partial charge in [0.1, 0.15) is 11.1 Å². The maximum atomic E-state index is 5.91. The number of aromatic nitrogens is 1. The average Bonchev–Trinajstić information content (AvgIpc) is 3.09. The molecule has 0 aromatic carbocycles. The summed E-state index contributed by atoms with van der Waals surface area (Å²) in [5, 5.41) is 6.86. The van der Waals surface area contributed by atoms with E-state index >= 15 is 0 Å². The van der Waals surface area contributed by atoms with E-state index in [4.69, 9.17) is 9.72 Å². The van der Waals surface area contributed by atoms with Gasteiger partial charge in [0.2, 0.25) is 0 Å². The van der Waals surface area contributed by atoms with Crippen LogP contribution in [0.3, 0.4) is 0 Å². The van der Waals surface area contributed by atoms with Crippen LogP contribution in [-0.2, 0) is 4.74 Å². The summed E-state index contributed by atoms with van der Waals surface area (Å²) in [6, 6.07) is 1.05. The Morgan fingerprint density at radius 3 is 3.16 bits per heavy atom. The zero-order chi connectivity index (χ0) is 13.2. The smallest absolute Gasteiger partial charge is 0.123 e. The molecule has 106 valence electrons. The van der Waals surface area contributed by atoms with Crippen LogP contribution < -0.4 is 5.32 Å². The molecule has 2 aliphatic rings. The number of thiazole rings is 1. The molecule has 0 amide bonds. The minimum atomic E-state index is 0.163. The van der Waals surface area contributed by atoms with Gasteiger partial charge in [0, 0.05) is 24.5 Å². The van der Waals surface area contributed by atoms with E-state index in [2.05, 4.69) is 29.4 Å². The largest absolute Gasteiger partial charge is 0.368 e. The Morgan fingerprint density at radius 2 is 2.42 bits per heavy atom. The third-order valence-electron chi connectivity index (χ3n) is 4.06. The Hall–Kier alpha value is -0.490. The Morgan fingerprint density at radius 1 is 1.53 bits per heavy atom. The van der Waals surface area contributed by atoms with Crippen LogP contribution in [0.15, 0.2) is 5.38 Å². The van der Waals surface area contributed by atoms with E-state index in [1.165, 1.54) is 18.5 Å². The lowest BCUT2D eigenvalue weighted by Crippen LogP contribution is -2.42. The first-order chi connectivity index (χ1) is 9.24. The quantitative estimate of drug-likeness (QED) is 0.923. The molecule has 0 aliphatic carbocycles. The summed E-state index contributed by atoms with van der Waals surface area (Å²) in [7, 11) is 0. The second-order valence-corrected chi connectivity index (χ2v) is 6.60. The molecule has 2 saturated heterocycles. The molecule has 2 fully saturated rings. The van der Waals surface area contributed by atoms with Crippen molar-refractivity contribution in [3.05, 3.63) is 16.1 Å². The lowest BCUT2D eigenvalue weighted by molar-refractivity contribution is -0.0403. The summed E-state index contributed by atoms with van der Waals surface area (Å²) >= 11 is 1.75. The number of rotatable bonds is 3. The summed E-state index contributed by atoms with van der Waals surface area (Å²) < 4.78 is 5.91. The highest BCUT2D eigenvalue weighted by molar-refractivity contribution is 7.09. The number of hydrogen-bond acceptors (Lipinski definition) is 5. The van der Waals surface area contributed by atoms with Crippen LogP contribution >= 0.6 is 11.3 Å². The maximum absolute atomic E-state index is 5.91. The Labute approximate surface area is 119 Å². The molecule has 2 aliphatic heterocycles. The minimum absolute atomic E-state index is 0.163. The molecule has 1 aromatic heterocycles. The van der Waals surface area contributed by atoms with E-state index in [1.54, 1.807) is 11.3 Å². The zero-order valence-electron chi connectivity index (χ0n) is 11.8. The van der Waals surface area contributed by atoms with Crippen molar-refractivity contribution in [1.82, 2.24) is 15.2 Å². The van der Waals surface area contributed by atoms with Crippen molar-refractivity contribution in [2.45, 2.75) is 44.9 Å². The predicted octanol–water partition coefficient (Wildman–Crippen LogP) is 2.35. The lowest BCUT2D eigenvalue weighted by atomic mass is 10.2. The van der Waals surface area contributed by atoms with Crippen LogP contribution in [0.25, 0.3) is 0 Å². The van der Waals surface area contributed by atoms with Crippen LogP contribution in [0.5, 0.6) is 0 Å². The van der Waals surface area contributed by atoms with Crippen molar-refractivity contribution in [1.29, 1.82) is 0 Å². The summed E-state index contributed by atoms with van der Waals surface area (Å²) in [5.41, 5.74) is 1.21. The van der Waals surface area contributed by atoms with E-state index in [0.29, 0.717) is 12.1 Å². The van der Waals surface area contributed by atoms with Crippen molar-refractivity contribution in [3.8, 4) is 0 Å². The van der Waals surface area contributed by atoms with E-state index in [0.717, 1.165) is 31.2 Å². The second kappa shape index (κ2) is 5.87. The van der Waals surface area contributed by atoms with Gasteiger partial charge in [0.05, 0.1) is 18.3 Å². The lowest BCUT2D eigenvalue weighted by Gasteiger charge is -2.34. The molecule has 1 N–H and O–H groups in total. The second-order valence-electron chi connectivity index (χ2n) is 5.71. The summed E-state index contributed by atoms with van der Waals surface area (Å²) in [6.07, 6.45) is 2.64. The number of nitrogens with one attached hydrogen (secondary N) is 1. The van der Waals surface area contributed by atoms with Gasteiger partial charge in [0.25, 0.3) is 0 Å². The van der Waals surface area contributed by atoms with Gasteiger partial charge in [-0.15, -0.1) is 11.3 Å². The minimum Gasteiger partial charge on any atom is -0.368 e. The molecule has 0 saturated carbocycles. The first kappa shape index (κ1) is 13.5. The topological polar surface area (TPSA) is 37.4 Å². The molecular formula is C14H23N3OS. The normalized spacial score (nSPS) is 29.2. The van der Waals surface area contributed by atoms with Crippen LogP contribution in [-0.4, -0.2) is 42.2 Å². The number of nitrogens with zero attached hydrogens (tertiary/aromatic N) is 2. The van der Waals surface area contributed by atoms with Gasteiger partial charge >= 0.3 is 0 Å². The van der Waals surface area contributed by atoms with Crippen molar-refractivity contribution >= 4 is 11.3 Å². The molecule has 4 nitrogen and oxygen atoms in total. The van der Waals surface area contributed by atoms with Gasteiger partial charge < -0.3 is 10.1 Å². The fourth-order valence-electron chi connectivity index (χ4n) is 2.83. The van der Waals surface area contributed by atoms with Gasteiger partial charge in [-0.1, -0.05) is 0 Å². The number of ether oxygens (including phenoxy) is 1. The fourth-order valence-corrected chi connectivity index (χ4v) is 3.74. The fraction of sp³-hybridized carbons (Fsp3) is 0.786. The van der Waals surface area contributed by atoms with Crippen molar-refractivity contribution in [3.63, 3.8) is 0 Å². The number of hydrogen-bond donors (Lipinski definition) is 1. The Kier molecular flexibility index (Phi) is 4.17. The molecular weight excluding hydrogens is 258 g/mol. The van der Waals surface area contributed by atoms with Crippen LogP contribution in [0.2, 0.25) is 0 Å². The molecule has 2 unspecified atom stereocenters. The van der Waals surface area contributed by atoms with Crippen molar-refractivity contribution in [2.75, 3.05) is 26.2 Å². The molecule has 2 atom stereocenters. The van der Waals surface area contributed by atoms with Crippen molar-refractivity contribution in [2.24, 2.45) is 0 Å². The summed E-state index contributed by atoms with van der Waals surface area (Å²) in [6.45, 7) is 8.45. The SMILES string of the molecule is CC(C)N1CCOC(c2nc(C3CCCN3)cs2)C1. The molecule has 0 bridgehead atoms. The van der Waals surface area contributed by atoms with Crippen LogP contribution in [0.4, 0.5) is 0 Å². The first-order valence-electron chi connectivity index (χ1n) is 7.28.